The Morgan fingerprint density at radius 2 is 1.96 bits per heavy atom. The van der Waals surface area contributed by atoms with E-state index in [1.165, 1.54) is 0 Å². The second-order valence-electron chi connectivity index (χ2n) is 6.01. The van der Waals surface area contributed by atoms with Gasteiger partial charge in [-0.2, -0.15) is 5.10 Å². The van der Waals surface area contributed by atoms with Gasteiger partial charge < -0.3 is 14.5 Å². The van der Waals surface area contributed by atoms with Gasteiger partial charge in [0.2, 0.25) is 5.91 Å². The molecule has 1 aromatic carbocycles. The summed E-state index contributed by atoms with van der Waals surface area (Å²) in [5.41, 5.74) is 1.87. The maximum atomic E-state index is 12.4. The van der Waals surface area contributed by atoms with Crippen LogP contribution in [-0.4, -0.2) is 72.9 Å². The zero-order valence-corrected chi connectivity index (χ0v) is 15.1. The van der Waals surface area contributed by atoms with Crippen LogP contribution in [0.15, 0.2) is 48.8 Å². The molecule has 0 saturated heterocycles. The molecule has 0 N–H and O–H groups in total. The molecule has 134 valence electrons. The largest absolute Gasteiger partial charge is 0.383 e. The summed E-state index contributed by atoms with van der Waals surface area (Å²) < 4.78 is 6.89. The van der Waals surface area contributed by atoms with Crippen molar-refractivity contribution >= 4 is 12.0 Å². The second kappa shape index (κ2) is 9.76. The molecule has 2 rings (SSSR count). The first-order valence-electron chi connectivity index (χ1n) is 8.31. The van der Waals surface area contributed by atoms with Crippen molar-refractivity contribution in [3.63, 3.8) is 0 Å². The maximum Gasteiger partial charge on any atom is 0.246 e. The van der Waals surface area contributed by atoms with E-state index in [0.717, 1.165) is 17.8 Å². The van der Waals surface area contributed by atoms with Crippen LogP contribution in [0.4, 0.5) is 0 Å². The number of benzene rings is 1. The summed E-state index contributed by atoms with van der Waals surface area (Å²) >= 11 is 0. The highest BCUT2D eigenvalue weighted by molar-refractivity contribution is 5.91. The van der Waals surface area contributed by atoms with Crippen LogP contribution < -0.4 is 0 Å². The highest BCUT2D eigenvalue weighted by Gasteiger charge is 2.10. The Hall–Kier alpha value is -2.44. The summed E-state index contributed by atoms with van der Waals surface area (Å²) in [6.45, 7) is 2.59. The number of hydrogen-bond acceptors (Lipinski definition) is 4. The fraction of sp³-hybridized carbons (Fsp3) is 0.368. The molecule has 1 aromatic heterocycles. The Labute approximate surface area is 149 Å². The third-order valence-corrected chi connectivity index (χ3v) is 3.74. The molecule has 0 fully saturated rings. The van der Waals surface area contributed by atoms with Crippen molar-refractivity contribution in [3.05, 3.63) is 54.4 Å². The number of likely N-dealkylation sites (N-methyl/N-ethyl adjacent to an activating group) is 1. The molecular weight excluding hydrogens is 316 g/mol. The number of rotatable bonds is 9. The van der Waals surface area contributed by atoms with Crippen molar-refractivity contribution in [3.8, 4) is 5.69 Å². The minimum atomic E-state index is -0.0219. The van der Waals surface area contributed by atoms with Crippen LogP contribution in [0.3, 0.4) is 0 Å². The van der Waals surface area contributed by atoms with Gasteiger partial charge in [-0.15, -0.1) is 0 Å². The standard InChI is InChI=1S/C19H26N4O2/c1-21(2)11-12-22(13-14-25-3)19(24)10-9-17-15-20-23(16-17)18-7-5-4-6-8-18/h4-10,15-16H,11-14H2,1-3H3/b10-9-. The maximum absolute atomic E-state index is 12.4. The average Bonchev–Trinajstić information content (AvgIpc) is 3.09. The Morgan fingerprint density at radius 3 is 2.64 bits per heavy atom. The third-order valence-electron chi connectivity index (χ3n) is 3.74. The van der Waals surface area contributed by atoms with Gasteiger partial charge in [0.1, 0.15) is 0 Å². The Balaban J connectivity index is 2.00. The molecule has 6 heteroatoms. The normalized spacial score (nSPS) is 11.4. The summed E-state index contributed by atoms with van der Waals surface area (Å²) in [5.74, 6) is -0.0219. The van der Waals surface area contributed by atoms with Gasteiger partial charge in [-0.1, -0.05) is 18.2 Å². The first-order valence-corrected chi connectivity index (χ1v) is 8.31. The summed E-state index contributed by atoms with van der Waals surface area (Å²) in [4.78, 5) is 16.3. The van der Waals surface area contributed by atoms with Gasteiger partial charge in [0, 0.05) is 44.6 Å². The van der Waals surface area contributed by atoms with Gasteiger partial charge in [-0.25, -0.2) is 4.68 Å². The van der Waals surface area contributed by atoms with E-state index in [0.29, 0.717) is 19.7 Å². The lowest BCUT2D eigenvalue weighted by molar-refractivity contribution is -0.126. The molecule has 0 aliphatic heterocycles. The number of hydrogen-bond donors (Lipinski definition) is 0. The summed E-state index contributed by atoms with van der Waals surface area (Å²) in [6, 6.07) is 9.87. The Bertz CT molecular complexity index is 680. The van der Waals surface area contributed by atoms with E-state index >= 15 is 0 Å². The van der Waals surface area contributed by atoms with Gasteiger partial charge >= 0.3 is 0 Å². The number of methoxy groups -OCH3 is 1. The smallest absolute Gasteiger partial charge is 0.246 e. The van der Waals surface area contributed by atoms with Gasteiger partial charge in [0.05, 0.1) is 18.5 Å². The van der Waals surface area contributed by atoms with Crippen LogP contribution >= 0.6 is 0 Å². The highest BCUT2D eigenvalue weighted by atomic mass is 16.5. The van der Waals surface area contributed by atoms with Crippen molar-refractivity contribution in [1.29, 1.82) is 0 Å². The quantitative estimate of drug-likeness (QED) is 0.654. The molecule has 0 aliphatic rings. The monoisotopic (exact) mass is 342 g/mol. The van der Waals surface area contributed by atoms with Crippen LogP contribution in [0, 0.1) is 0 Å². The first kappa shape index (κ1) is 18.9. The lowest BCUT2D eigenvalue weighted by Gasteiger charge is -2.22. The Morgan fingerprint density at radius 1 is 1.20 bits per heavy atom. The van der Waals surface area contributed by atoms with Crippen LogP contribution in [0.5, 0.6) is 0 Å². The van der Waals surface area contributed by atoms with Crippen molar-refractivity contribution in [2.75, 3.05) is 47.4 Å². The van der Waals surface area contributed by atoms with E-state index in [2.05, 4.69) is 10.00 Å². The number of nitrogens with zero attached hydrogens (tertiary/aromatic N) is 4. The second-order valence-corrected chi connectivity index (χ2v) is 6.01. The van der Waals surface area contributed by atoms with E-state index in [1.807, 2.05) is 50.6 Å². The highest BCUT2D eigenvalue weighted by Crippen LogP contribution is 2.09. The van der Waals surface area contributed by atoms with Gasteiger partial charge in [-0.05, 0) is 32.3 Å². The van der Waals surface area contributed by atoms with Gasteiger partial charge in [0.15, 0.2) is 0 Å². The van der Waals surface area contributed by atoms with Crippen LogP contribution in [0.1, 0.15) is 5.56 Å². The van der Waals surface area contributed by atoms with E-state index in [4.69, 9.17) is 4.74 Å². The van der Waals surface area contributed by atoms with Crippen molar-refractivity contribution in [2.24, 2.45) is 0 Å². The molecule has 0 atom stereocenters. The van der Waals surface area contributed by atoms with Crippen molar-refractivity contribution in [1.82, 2.24) is 19.6 Å². The third kappa shape index (κ3) is 6.17. The summed E-state index contributed by atoms with van der Waals surface area (Å²) in [7, 11) is 5.63. The number of ether oxygens (including phenoxy) is 1. The van der Waals surface area contributed by atoms with E-state index in [9.17, 15) is 4.79 Å². The predicted octanol–water partition coefficient (Wildman–Crippen LogP) is 1.92. The topological polar surface area (TPSA) is 50.6 Å². The summed E-state index contributed by atoms with van der Waals surface area (Å²) in [5, 5.41) is 4.33. The first-order chi connectivity index (χ1) is 12.1. The zero-order chi connectivity index (χ0) is 18.1. The molecule has 0 unspecified atom stereocenters. The lowest BCUT2D eigenvalue weighted by Crippen LogP contribution is -2.37. The number of carbonyl (C=O) groups is 1. The van der Waals surface area contributed by atoms with Crippen molar-refractivity contribution < 1.29 is 9.53 Å². The zero-order valence-electron chi connectivity index (χ0n) is 15.1. The number of para-hydroxylation sites is 1. The number of carbonyl (C=O) groups excluding carboxylic acids is 1. The molecule has 0 saturated carbocycles. The fourth-order valence-electron chi connectivity index (χ4n) is 2.27. The number of aromatic nitrogens is 2. The molecule has 6 nitrogen and oxygen atoms in total. The molecule has 1 heterocycles. The molecular formula is C19H26N4O2. The van der Waals surface area contributed by atoms with Crippen molar-refractivity contribution in [2.45, 2.75) is 0 Å². The molecule has 0 radical (unpaired) electrons. The van der Waals surface area contributed by atoms with E-state index < -0.39 is 0 Å². The average molecular weight is 342 g/mol. The van der Waals surface area contributed by atoms with Crippen LogP contribution in [0.2, 0.25) is 0 Å². The predicted molar refractivity (Wildman–Crippen MR) is 99.6 cm³/mol. The summed E-state index contributed by atoms with van der Waals surface area (Å²) in [6.07, 6.45) is 7.04. The van der Waals surface area contributed by atoms with E-state index in [-0.39, 0.29) is 5.91 Å². The minimum absolute atomic E-state index is 0.0219. The molecule has 0 bridgehead atoms. The molecule has 25 heavy (non-hydrogen) atoms. The van der Waals surface area contributed by atoms with Crippen LogP contribution in [-0.2, 0) is 9.53 Å². The van der Waals surface area contributed by atoms with Gasteiger partial charge in [0.25, 0.3) is 0 Å². The molecule has 1 amide bonds. The lowest BCUT2D eigenvalue weighted by atomic mass is 10.3. The van der Waals surface area contributed by atoms with Crippen LogP contribution in [0.25, 0.3) is 11.8 Å². The SMILES string of the molecule is COCCN(CCN(C)C)C(=O)/C=C\c1cnn(-c2ccccc2)c1. The molecule has 2 aromatic rings. The minimum Gasteiger partial charge on any atom is -0.383 e. The number of amides is 1. The Kier molecular flexibility index (Phi) is 7.37. The van der Waals surface area contributed by atoms with E-state index in [1.54, 1.807) is 35.0 Å². The molecule has 0 spiro atoms. The fourth-order valence-corrected chi connectivity index (χ4v) is 2.27. The molecule has 0 aliphatic carbocycles. The van der Waals surface area contributed by atoms with Gasteiger partial charge in [-0.3, -0.25) is 4.79 Å².